The minimum atomic E-state index is -3.23. The van der Waals surface area contributed by atoms with Gasteiger partial charge in [0.1, 0.15) is 4.88 Å². The van der Waals surface area contributed by atoms with Gasteiger partial charge in [0.15, 0.2) is 0 Å². The zero-order valence-corrected chi connectivity index (χ0v) is 17.4. The number of thiophene rings is 1. The van der Waals surface area contributed by atoms with Gasteiger partial charge in [0, 0.05) is 34.2 Å². The summed E-state index contributed by atoms with van der Waals surface area (Å²) < 4.78 is 25.9. The van der Waals surface area contributed by atoms with Gasteiger partial charge in [-0.2, -0.15) is 0 Å². The Bertz CT molecular complexity index is 927. The third-order valence-electron chi connectivity index (χ3n) is 4.52. The summed E-state index contributed by atoms with van der Waals surface area (Å²) >= 11 is 13.9. The molecule has 0 saturated carbocycles. The number of sulfonamides is 1. The monoisotopic (exact) mass is 434 g/mol. The number of nitrogens with zero attached hydrogens (tertiary/aromatic N) is 1. The lowest BCUT2D eigenvalue weighted by atomic mass is 9.99. The third kappa shape index (κ3) is 4.51. The van der Waals surface area contributed by atoms with E-state index in [4.69, 9.17) is 23.2 Å². The van der Waals surface area contributed by atoms with Crippen LogP contribution in [-0.2, 0) is 10.0 Å². The molecule has 1 unspecified atom stereocenters. The highest BCUT2D eigenvalue weighted by atomic mass is 35.5. The Morgan fingerprint density at radius 2 is 2.12 bits per heavy atom. The molecule has 1 aliphatic heterocycles. The number of carbonyl (C=O) groups excluding carboxylic acids is 1. The zero-order chi connectivity index (χ0) is 18.9. The average molecular weight is 435 g/mol. The normalized spacial score (nSPS) is 18.4. The third-order valence-corrected chi connectivity index (χ3v) is 7.12. The molecule has 1 amide bonds. The maximum absolute atomic E-state index is 13.1. The number of likely N-dealkylation sites (tertiary alicyclic amines) is 1. The van der Waals surface area contributed by atoms with E-state index < -0.39 is 10.0 Å². The predicted octanol–water partition coefficient (Wildman–Crippen LogP) is 4.14. The van der Waals surface area contributed by atoms with Crippen molar-refractivity contribution in [1.29, 1.82) is 0 Å². The summed E-state index contributed by atoms with van der Waals surface area (Å²) in [5, 5.41) is 1.90. The lowest BCUT2D eigenvalue weighted by Gasteiger charge is -2.35. The molecule has 0 aliphatic carbocycles. The Morgan fingerprint density at radius 3 is 2.85 bits per heavy atom. The van der Waals surface area contributed by atoms with E-state index in [-0.39, 0.29) is 11.9 Å². The topological polar surface area (TPSA) is 66.5 Å². The first-order valence-corrected chi connectivity index (χ1v) is 11.9. The molecule has 1 fully saturated rings. The van der Waals surface area contributed by atoms with Crippen LogP contribution >= 0.6 is 34.5 Å². The number of halogens is 2. The smallest absolute Gasteiger partial charge is 0.265 e. The second-order valence-corrected chi connectivity index (χ2v) is 10.2. The van der Waals surface area contributed by atoms with Crippen molar-refractivity contribution in [2.24, 2.45) is 0 Å². The number of hydrogen-bond donors (Lipinski definition) is 1. The van der Waals surface area contributed by atoms with E-state index in [9.17, 15) is 13.2 Å². The Kier molecular flexibility index (Phi) is 6.14. The summed E-state index contributed by atoms with van der Waals surface area (Å²) in [5.41, 5.74) is 0. The van der Waals surface area contributed by atoms with Gasteiger partial charge < -0.3 is 4.90 Å². The first kappa shape index (κ1) is 19.9. The van der Waals surface area contributed by atoms with Gasteiger partial charge in [-0.3, -0.25) is 4.79 Å². The first-order chi connectivity index (χ1) is 12.3. The maximum Gasteiger partial charge on any atom is 0.265 e. The summed E-state index contributed by atoms with van der Waals surface area (Å²) in [6, 6.07) is 5.41. The molecule has 2 aromatic rings. The minimum Gasteiger partial charge on any atom is -0.335 e. The highest BCUT2D eigenvalue weighted by molar-refractivity contribution is 7.88. The molecular weight excluding hydrogens is 415 g/mol. The van der Waals surface area contributed by atoms with Crippen LogP contribution in [0.15, 0.2) is 18.2 Å². The van der Waals surface area contributed by atoms with Gasteiger partial charge in [0.25, 0.3) is 5.91 Å². The van der Waals surface area contributed by atoms with Gasteiger partial charge in [0.05, 0.1) is 11.3 Å². The fourth-order valence-corrected chi connectivity index (χ4v) is 5.52. The highest BCUT2D eigenvalue weighted by Crippen LogP contribution is 2.38. The number of fused-ring (bicyclic) bond motifs is 1. The van der Waals surface area contributed by atoms with Crippen LogP contribution in [0.4, 0.5) is 0 Å². The fourth-order valence-electron chi connectivity index (χ4n) is 3.29. The Hall–Kier alpha value is -0.860. The van der Waals surface area contributed by atoms with Gasteiger partial charge in [-0.1, -0.05) is 29.3 Å². The zero-order valence-electron chi connectivity index (χ0n) is 14.3. The molecule has 2 heterocycles. The van der Waals surface area contributed by atoms with Crippen LogP contribution < -0.4 is 4.72 Å². The number of rotatable bonds is 5. The molecule has 1 aromatic carbocycles. The van der Waals surface area contributed by atoms with Crippen molar-refractivity contribution in [2.75, 3.05) is 19.3 Å². The molecule has 1 N–H and O–H groups in total. The number of carbonyl (C=O) groups is 1. The van der Waals surface area contributed by atoms with E-state index >= 15 is 0 Å². The number of piperidine rings is 1. The number of amides is 1. The quantitative estimate of drug-likeness (QED) is 0.768. The van der Waals surface area contributed by atoms with Crippen molar-refractivity contribution in [1.82, 2.24) is 9.62 Å². The van der Waals surface area contributed by atoms with Crippen LogP contribution in [0.3, 0.4) is 0 Å². The molecular formula is C17H20Cl2N2O3S2. The molecule has 1 saturated heterocycles. The van der Waals surface area contributed by atoms with Crippen LogP contribution in [0.2, 0.25) is 10.0 Å². The van der Waals surface area contributed by atoms with Gasteiger partial charge in [-0.05, 0) is 37.8 Å². The summed E-state index contributed by atoms with van der Waals surface area (Å²) in [6.07, 6.45) is 4.57. The fraction of sp³-hybridized carbons (Fsp3) is 0.471. The van der Waals surface area contributed by atoms with E-state index in [1.54, 1.807) is 6.07 Å². The number of benzene rings is 1. The lowest BCUT2D eigenvalue weighted by Crippen LogP contribution is -2.45. The molecule has 0 spiro atoms. The highest BCUT2D eigenvalue weighted by Gasteiger charge is 2.30. The molecule has 0 radical (unpaired) electrons. The van der Waals surface area contributed by atoms with Crippen LogP contribution in [0.1, 0.15) is 35.4 Å². The number of hydrogen-bond acceptors (Lipinski definition) is 4. The van der Waals surface area contributed by atoms with Crippen molar-refractivity contribution in [2.45, 2.75) is 31.7 Å². The maximum atomic E-state index is 13.1. The van der Waals surface area contributed by atoms with Crippen LogP contribution in [-0.4, -0.2) is 44.6 Å². The van der Waals surface area contributed by atoms with E-state index in [0.29, 0.717) is 34.4 Å². The second kappa shape index (κ2) is 8.02. The molecule has 9 heteroatoms. The van der Waals surface area contributed by atoms with Crippen molar-refractivity contribution >= 4 is 60.6 Å². The Labute approximate surface area is 167 Å². The SMILES string of the molecule is CS(=O)(=O)NCCC1CCCCN1C(=O)c1sc2cc(Cl)ccc2c1Cl. The summed E-state index contributed by atoms with van der Waals surface area (Å²) in [7, 11) is -3.23. The van der Waals surface area contributed by atoms with Crippen molar-refractivity contribution in [3.05, 3.63) is 33.1 Å². The van der Waals surface area contributed by atoms with Gasteiger partial charge in [-0.15, -0.1) is 11.3 Å². The van der Waals surface area contributed by atoms with E-state index in [2.05, 4.69) is 4.72 Å². The van der Waals surface area contributed by atoms with Crippen molar-refractivity contribution in [3.8, 4) is 0 Å². The summed E-state index contributed by atoms with van der Waals surface area (Å²) in [5.74, 6) is -0.0867. The Balaban J connectivity index is 1.81. The van der Waals surface area contributed by atoms with Gasteiger partial charge in [-0.25, -0.2) is 13.1 Å². The molecule has 5 nitrogen and oxygen atoms in total. The lowest BCUT2D eigenvalue weighted by molar-refractivity contribution is 0.0609. The van der Waals surface area contributed by atoms with E-state index in [1.165, 1.54) is 11.3 Å². The minimum absolute atomic E-state index is 0.00960. The Morgan fingerprint density at radius 1 is 1.35 bits per heavy atom. The largest absolute Gasteiger partial charge is 0.335 e. The summed E-state index contributed by atoms with van der Waals surface area (Å²) in [4.78, 5) is 15.5. The standard InChI is InChI=1S/C17H20Cl2N2O3S2/c1-26(23,24)20-8-7-12-4-2-3-9-21(12)17(22)16-15(19)13-6-5-11(18)10-14(13)25-16/h5-6,10,12,20H,2-4,7-9H2,1H3. The molecule has 1 aromatic heterocycles. The molecule has 1 atom stereocenters. The van der Waals surface area contributed by atoms with E-state index in [0.717, 1.165) is 35.6 Å². The summed E-state index contributed by atoms with van der Waals surface area (Å²) in [6.45, 7) is 0.983. The first-order valence-electron chi connectivity index (χ1n) is 8.39. The second-order valence-electron chi connectivity index (χ2n) is 6.49. The number of nitrogens with one attached hydrogen (secondary N) is 1. The van der Waals surface area contributed by atoms with Gasteiger partial charge >= 0.3 is 0 Å². The van der Waals surface area contributed by atoms with Crippen molar-refractivity contribution in [3.63, 3.8) is 0 Å². The van der Waals surface area contributed by atoms with Crippen LogP contribution in [0.25, 0.3) is 10.1 Å². The molecule has 1 aliphatic rings. The van der Waals surface area contributed by atoms with Crippen LogP contribution in [0.5, 0.6) is 0 Å². The van der Waals surface area contributed by atoms with Crippen LogP contribution in [0, 0.1) is 0 Å². The van der Waals surface area contributed by atoms with E-state index in [1.807, 2.05) is 17.0 Å². The molecule has 142 valence electrons. The predicted molar refractivity (Wildman–Crippen MR) is 108 cm³/mol. The molecule has 3 rings (SSSR count). The van der Waals surface area contributed by atoms with Crippen molar-refractivity contribution < 1.29 is 13.2 Å². The van der Waals surface area contributed by atoms with Gasteiger partial charge in [0.2, 0.25) is 10.0 Å². The molecule has 26 heavy (non-hydrogen) atoms. The molecule has 0 bridgehead atoms. The average Bonchev–Trinajstić information content (AvgIpc) is 2.89.